The van der Waals surface area contributed by atoms with Crippen LogP contribution in [-0.4, -0.2) is 9.13 Å². The van der Waals surface area contributed by atoms with Crippen molar-refractivity contribution in [1.82, 2.24) is 9.13 Å². The first-order valence-electron chi connectivity index (χ1n) is 18.3. The Morgan fingerprint density at radius 2 is 0.788 bits per heavy atom. The van der Waals surface area contributed by atoms with E-state index in [0.717, 1.165) is 13.1 Å². The van der Waals surface area contributed by atoms with Gasteiger partial charge in [-0.2, -0.15) is 0 Å². The zero-order chi connectivity index (χ0) is 34.2. The summed E-state index contributed by atoms with van der Waals surface area (Å²) in [5, 5.41) is 10.8. The summed E-state index contributed by atoms with van der Waals surface area (Å²) in [4.78, 5) is 0. The third-order valence-electron chi connectivity index (χ3n) is 11.7. The Hall–Kier alpha value is -5.68. The lowest BCUT2D eigenvalue weighted by Crippen LogP contribution is -2.11. The van der Waals surface area contributed by atoms with Crippen molar-refractivity contribution in [1.29, 1.82) is 0 Å². The Bertz CT molecular complexity index is 3160. The summed E-state index contributed by atoms with van der Waals surface area (Å²) in [5.74, 6) is 0. The maximum Gasteiger partial charge on any atom is 0.0505 e. The molecule has 0 saturated heterocycles. The summed E-state index contributed by atoms with van der Waals surface area (Å²) in [6.45, 7) is 6.38. The monoisotopic (exact) mass is 700 g/mol. The van der Waals surface area contributed by atoms with Gasteiger partial charge in [0.15, 0.2) is 0 Å². The number of aromatic nitrogens is 2. The molecule has 8 aromatic carbocycles. The fourth-order valence-electron chi connectivity index (χ4n) is 9.57. The topological polar surface area (TPSA) is 9.86 Å². The summed E-state index contributed by atoms with van der Waals surface area (Å²) in [5.41, 5.74) is 13.3. The molecule has 12 rings (SSSR count). The lowest BCUT2D eigenvalue weighted by molar-refractivity contribution is 0.813. The van der Waals surface area contributed by atoms with Gasteiger partial charge in [0, 0.05) is 97.5 Å². The van der Waals surface area contributed by atoms with Gasteiger partial charge >= 0.3 is 0 Å². The highest BCUT2D eigenvalue weighted by molar-refractivity contribution is 7.26. The second kappa shape index (κ2) is 10.4. The highest BCUT2D eigenvalue weighted by Crippen LogP contribution is 2.54. The first kappa shape index (κ1) is 29.0. The maximum atomic E-state index is 2.59. The van der Waals surface area contributed by atoms with Crippen LogP contribution in [0, 0.1) is 0 Å². The van der Waals surface area contributed by atoms with Crippen molar-refractivity contribution < 1.29 is 0 Å². The lowest BCUT2D eigenvalue weighted by atomic mass is 9.82. The number of aryl methyl sites for hydroxylation is 2. The van der Waals surface area contributed by atoms with Crippen LogP contribution in [0.4, 0.5) is 0 Å². The van der Waals surface area contributed by atoms with E-state index < -0.39 is 0 Å². The molecule has 0 spiro atoms. The number of rotatable bonds is 4. The number of nitrogens with zero attached hydrogens (tertiary/aromatic N) is 2. The standard InChI is InChI=1S/C48H32N2S2/c1-3-49-37-21-11-15-29-36(34-20-10-18-32-28-14-6-8-24-42(28)52-48(32)34)26-40-46(43(29)37)45-39(49)25-35(30-16-12-22-38(44(30)45)50(40)4-2)33-19-9-17-31-27-13-5-7-23-41(27)51-47(31)33/h5-26H,3-4H2,1-2H3. The zero-order valence-corrected chi connectivity index (χ0v) is 30.5. The molecule has 0 N–H and O–H groups in total. The van der Waals surface area contributed by atoms with Crippen LogP contribution in [0.3, 0.4) is 0 Å². The van der Waals surface area contributed by atoms with E-state index in [1.165, 1.54) is 117 Å². The van der Waals surface area contributed by atoms with E-state index in [-0.39, 0.29) is 0 Å². The molecule has 52 heavy (non-hydrogen) atoms. The molecule has 2 aliphatic heterocycles. The molecule has 0 fully saturated rings. The van der Waals surface area contributed by atoms with Crippen LogP contribution in [0.5, 0.6) is 0 Å². The van der Waals surface area contributed by atoms with Gasteiger partial charge in [0.1, 0.15) is 0 Å². The molecule has 0 unspecified atom stereocenters. The summed E-state index contributed by atoms with van der Waals surface area (Å²) in [6.07, 6.45) is 0. The number of pyridine rings is 2. The molecule has 0 aliphatic carbocycles. The molecule has 10 aromatic rings. The Morgan fingerprint density at radius 3 is 1.25 bits per heavy atom. The van der Waals surface area contributed by atoms with Gasteiger partial charge in [-0.1, -0.05) is 97.1 Å². The van der Waals surface area contributed by atoms with Crippen LogP contribution in [-0.2, 0) is 13.1 Å². The van der Waals surface area contributed by atoms with E-state index in [2.05, 4.69) is 156 Å². The van der Waals surface area contributed by atoms with Crippen molar-refractivity contribution in [2.45, 2.75) is 26.9 Å². The van der Waals surface area contributed by atoms with Gasteiger partial charge in [-0.3, -0.25) is 0 Å². The third-order valence-corrected chi connectivity index (χ3v) is 14.1. The third kappa shape index (κ3) is 3.58. The van der Waals surface area contributed by atoms with Crippen molar-refractivity contribution in [2.75, 3.05) is 0 Å². The van der Waals surface area contributed by atoms with Crippen LogP contribution in [0.25, 0.3) is 117 Å². The van der Waals surface area contributed by atoms with Crippen LogP contribution < -0.4 is 0 Å². The van der Waals surface area contributed by atoms with Crippen molar-refractivity contribution >= 4 is 107 Å². The van der Waals surface area contributed by atoms with E-state index in [0.29, 0.717) is 0 Å². The van der Waals surface area contributed by atoms with Gasteiger partial charge in [0.25, 0.3) is 0 Å². The van der Waals surface area contributed by atoms with Crippen LogP contribution in [0.1, 0.15) is 13.8 Å². The minimum Gasteiger partial charge on any atom is -0.341 e. The van der Waals surface area contributed by atoms with Gasteiger partial charge < -0.3 is 9.13 Å². The largest absolute Gasteiger partial charge is 0.341 e. The number of fused-ring (bicyclic) bond motifs is 6. The van der Waals surface area contributed by atoms with Gasteiger partial charge in [0.2, 0.25) is 0 Å². The molecular weight excluding hydrogens is 669 g/mol. The number of benzene rings is 8. The van der Waals surface area contributed by atoms with Gasteiger partial charge in [-0.05, 0) is 72.1 Å². The minimum atomic E-state index is 0.884. The second-order valence-electron chi connectivity index (χ2n) is 14.1. The molecule has 0 radical (unpaired) electrons. The fraction of sp³-hybridized carbons (Fsp3) is 0.0833. The SMILES string of the molecule is CCn1c2cc(-c3cccc4c3sc3ccccc34)c3cccc4c3c2-c2c3c(cccc31)c(-c1cccc3c1sc1ccccc13)cc2n4CC. The van der Waals surface area contributed by atoms with Crippen LogP contribution in [0.2, 0.25) is 0 Å². The van der Waals surface area contributed by atoms with E-state index >= 15 is 0 Å². The highest BCUT2D eigenvalue weighted by atomic mass is 32.1. The average Bonchev–Trinajstić information content (AvgIpc) is 3.77. The highest BCUT2D eigenvalue weighted by Gasteiger charge is 2.29. The van der Waals surface area contributed by atoms with Crippen LogP contribution >= 0.6 is 22.7 Å². The fourth-order valence-corrected chi connectivity index (χ4v) is 12.0. The number of thiophene rings is 2. The van der Waals surface area contributed by atoms with Crippen molar-refractivity contribution in [3.63, 3.8) is 0 Å². The Morgan fingerprint density at radius 1 is 0.385 bits per heavy atom. The quantitative estimate of drug-likeness (QED) is 0.128. The van der Waals surface area contributed by atoms with Crippen molar-refractivity contribution in [2.24, 2.45) is 0 Å². The van der Waals surface area contributed by atoms with Crippen LogP contribution in [0.15, 0.2) is 133 Å². The van der Waals surface area contributed by atoms with E-state index in [1.54, 1.807) is 0 Å². The Balaban J connectivity index is 1.27. The second-order valence-corrected chi connectivity index (χ2v) is 16.2. The molecule has 0 atom stereocenters. The maximum absolute atomic E-state index is 2.59. The molecule has 2 aliphatic rings. The van der Waals surface area contributed by atoms with E-state index in [1.807, 2.05) is 22.7 Å². The molecule has 0 bridgehead atoms. The van der Waals surface area contributed by atoms with Gasteiger partial charge in [0.05, 0.1) is 11.0 Å². The average molecular weight is 701 g/mol. The molecule has 0 amide bonds. The predicted molar refractivity (Wildman–Crippen MR) is 228 cm³/mol. The Labute approximate surface area is 308 Å². The molecule has 2 aromatic heterocycles. The summed E-state index contributed by atoms with van der Waals surface area (Å²) >= 11 is 3.84. The molecule has 246 valence electrons. The summed E-state index contributed by atoms with van der Waals surface area (Å²) in [7, 11) is 0. The molecule has 2 nitrogen and oxygen atoms in total. The molecule has 4 heterocycles. The molecule has 4 heteroatoms. The van der Waals surface area contributed by atoms with Gasteiger partial charge in [-0.15, -0.1) is 22.7 Å². The van der Waals surface area contributed by atoms with Crippen molar-refractivity contribution in [3.05, 3.63) is 133 Å². The summed E-state index contributed by atoms with van der Waals surface area (Å²) < 4.78 is 10.6. The predicted octanol–water partition coefficient (Wildman–Crippen LogP) is 14.6. The number of hydrogen-bond acceptors (Lipinski definition) is 2. The minimum absolute atomic E-state index is 0.884. The first-order valence-corrected chi connectivity index (χ1v) is 19.9. The van der Waals surface area contributed by atoms with E-state index in [4.69, 9.17) is 0 Å². The smallest absolute Gasteiger partial charge is 0.0505 e. The zero-order valence-electron chi connectivity index (χ0n) is 28.8. The normalized spacial score (nSPS) is 12.6. The Kier molecular flexibility index (Phi) is 5.82. The van der Waals surface area contributed by atoms with Crippen molar-refractivity contribution in [3.8, 4) is 33.4 Å². The van der Waals surface area contributed by atoms with E-state index in [9.17, 15) is 0 Å². The number of hydrogen-bond donors (Lipinski definition) is 0. The first-order chi connectivity index (χ1) is 25.7. The molecule has 0 saturated carbocycles. The summed E-state index contributed by atoms with van der Waals surface area (Å²) in [6, 6.07) is 50.5. The van der Waals surface area contributed by atoms with Gasteiger partial charge in [-0.25, -0.2) is 0 Å². The lowest BCUT2D eigenvalue weighted by Gasteiger charge is -2.30. The molecular formula is C48H32N2S2.